The second-order valence-electron chi connectivity index (χ2n) is 7.01. The molecule has 2 rings (SSSR count). The van der Waals surface area contributed by atoms with Gasteiger partial charge in [0.25, 0.3) is 0 Å². The molecule has 0 aliphatic rings. The number of urea groups is 1. The lowest BCUT2D eigenvalue weighted by atomic mass is 10.1. The zero-order chi connectivity index (χ0) is 20.9. The maximum atomic E-state index is 13.0. The molecule has 2 aromatic rings. The molecule has 0 heterocycles. The molecule has 0 spiro atoms. The Morgan fingerprint density at radius 2 is 1.68 bits per heavy atom. The number of hydrogen-bond donors (Lipinski definition) is 1. The number of anilines is 1. The minimum Gasteiger partial charge on any atom is -0.383 e. The van der Waals surface area contributed by atoms with Crippen molar-refractivity contribution in [2.45, 2.75) is 46.7 Å². The molecule has 2 aromatic carbocycles. The van der Waals surface area contributed by atoms with Gasteiger partial charge in [0.15, 0.2) is 0 Å². The second-order valence-corrected chi connectivity index (χ2v) is 8.59. The number of amides is 2. The Kier molecular flexibility index (Phi) is 7.07. The fourth-order valence-corrected chi connectivity index (χ4v) is 3.32. The number of carbonyl (C=O) groups excluding carboxylic acids is 1. The van der Waals surface area contributed by atoms with E-state index in [0.29, 0.717) is 6.54 Å². The summed E-state index contributed by atoms with van der Waals surface area (Å²) in [5.41, 5.74) is 3.75. The number of nitrogens with one attached hydrogen (secondary N) is 1. The third kappa shape index (κ3) is 5.99. The molecule has 0 fully saturated rings. The van der Waals surface area contributed by atoms with Gasteiger partial charge in [0.2, 0.25) is 0 Å². The normalized spacial score (nSPS) is 12.3. The highest BCUT2D eigenvalue weighted by Crippen LogP contribution is 2.22. The molecule has 1 N–H and O–H groups in total. The third-order valence-electron chi connectivity index (χ3n) is 4.62. The highest BCUT2D eigenvalue weighted by Gasteiger charge is 2.20. The minimum atomic E-state index is -3.56. The number of carbonyl (C=O) groups is 1. The van der Waals surface area contributed by atoms with Gasteiger partial charge in [0, 0.05) is 18.3 Å². The predicted octanol–water partition coefficient (Wildman–Crippen LogP) is 4.47. The van der Waals surface area contributed by atoms with Crippen LogP contribution >= 0.6 is 0 Å². The second kappa shape index (κ2) is 9.10. The van der Waals surface area contributed by atoms with Crippen molar-refractivity contribution in [1.29, 1.82) is 0 Å². The van der Waals surface area contributed by atoms with E-state index in [2.05, 4.69) is 5.32 Å². The van der Waals surface area contributed by atoms with Crippen molar-refractivity contribution in [2.75, 3.05) is 11.6 Å². The van der Waals surface area contributed by atoms with Crippen molar-refractivity contribution in [2.24, 2.45) is 0 Å². The molecule has 1 atom stereocenters. The minimum absolute atomic E-state index is 0.0382. The lowest BCUT2D eigenvalue weighted by Crippen LogP contribution is -2.40. The molecule has 0 saturated carbocycles. The van der Waals surface area contributed by atoms with Crippen LogP contribution in [0.3, 0.4) is 0 Å². The number of rotatable bonds is 7. The average Bonchev–Trinajstić information content (AvgIpc) is 2.62. The topological polar surface area (TPSA) is 75.7 Å². The van der Waals surface area contributed by atoms with E-state index >= 15 is 0 Å². The van der Waals surface area contributed by atoms with Gasteiger partial charge in [-0.2, -0.15) is 8.42 Å². The molecule has 6 nitrogen and oxygen atoms in total. The molecule has 0 aliphatic heterocycles. The summed E-state index contributed by atoms with van der Waals surface area (Å²) < 4.78 is 27.3. The molecule has 152 valence electrons. The standard InChI is InChI=1S/C21H28N2O4S/c1-6-17(4)23(21(24)22-20-15(2)8-7-9-16(20)3)14-18-10-12-19(13-11-18)27-28(5,25)26/h7-13,17H,6,14H2,1-5H3,(H,22,24). The van der Waals surface area contributed by atoms with Crippen LogP contribution in [0.5, 0.6) is 5.75 Å². The highest BCUT2D eigenvalue weighted by atomic mass is 32.2. The monoisotopic (exact) mass is 404 g/mol. The Morgan fingerprint density at radius 1 is 1.11 bits per heavy atom. The first kappa shape index (κ1) is 21.8. The van der Waals surface area contributed by atoms with Gasteiger partial charge in [-0.3, -0.25) is 0 Å². The summed E-state index contributed by atoms with van der Waals surface area (Å²) in [5.74, 6) is 0.251. The lowest BCUT2D eigenvalue weighted by molar-refractivity contribution is 0.187. The van der Waals surface area contributed by atoms with Crippen molar-refractivity contribution in [3.8, 4) is 5.75 Å². The number of nitrogens with zero attached hydrogens (tertiary/aromatic N) is 1. The summed E-state index contributed by atoms with van der Waals surface area (Å²) in [6, 6.07) is 12.5. The highest BCUT2D eigenvalue weighted by molar-refractivity contribution is 7.86. The summed E-state index contributed by atoms with van der Waals surface area (Å²) in [4.78, 5) is 14.8. The molecular weight excluding hydrogens is 376 g/mol. The van der Waals surface area contributed by atoms with Crippen molar-refractivity contribution < 1.29 is 17.4 Å². The van der Waals surface area contributed by atoms with E-state index in [-0.39, 0.29) is 17.8 Å². The molecule has 7 heteroatoms. The van der Waals surface area contributed by atoms with E-state index in [1.165, 1.54) is 0 Å². The summed E-state index contributed by atoms with van der Waals surface area (Å²) in [6.45, 7) is 8.39. The fraction of sp³-hybridized carbons (Fsp3) is 0.381. The molecule has 0 saturated heterocycles. The quantitative estimate of drug-likeness (QED) is 0.691. The van der Waals surface area contributed by atoms with E-state index in [0.717, 1.165) is 35.1 Å². The summed E-state index contributed by atoms with van der Waals surface area (Å²) in [7, 11) is -3.56. The van der Waals surface area contributed by atoms with E-state index in [1.807, 2.05) is 45.9 Å². The SMILES string of the molecule is CCC(C)N(Cc1ccc(OS(C)(=O)=O)cc1)C(=O)Nc1c(C)cccc1C. The zero-order valence-corrected chi connectivity index (χ0v) is 17.8. The van der Waals surface area contributed by atoms with E-state index in [1.54, 1.807) is 29.2 Å². The number of aryl methyl sites for hydroxylation is 2. The van der Waals surface area contributed by atoms with Crippen LogP contribution in [-0.4, -0.2) is 31.6 Å². The number of para-hydroxylation sites is 1. The molecule has 0 bridgehead atoms. The summed E-state index contributed by atoms with van der Waals surface area (Å²) in [5, 5.41) is 3.04. The van der Waals surface area contributed by atoms with Crippen LogP contribution in [0.4, 0.5) is 10.5 Å². The Balaban J connectivity index is 2.18. The van der Waals surface area contributed by atoms with Crippen molar-refractivity contribution in [3.05, 3.63) is 59.2 Å². The van der Waals surface area contributed by atoms with Crippen molar-refractivity contribution in [3.63, 3.8) is 0 Å². The fourth-order valence-electron chi connectivity index (χ4n) is 2.86. The average molecular weight is 405 g/mol. The first-order valence-corrected chi connectivity index (χ1v) is 11.0. The van der Waals surface area contributed by atoms with Crippen LogP contribution in [-0.2, 0) is 16.7 Å². The van der Waals surface area contributed by atoms with Crippen molar-refractivity contribution >= 4 is 21.8 Å². The Morgan fingerprint density at radius 3 is 2.18 bits per heavy atom. The van der Waals surface area contributed by atoms with Crippen LogP contribution in [0.25, 0.3) is 0 Å². The van der Waals surface area contributed by atoms with Crippen LogP contribution in [0.15, 0.2) is 42.5 Å². The maximum absolute atomic E-state index is 13.0. The molecule has 2 amide bonds. The van der Waals surface area contributed by atoms with Gasteiger partial charge in [-0.05, 0) is 56.0 Å². The molecule has 0 aliphatic carbocycles. The summed E-state index contributed by atoms with van der Waals surface area (Å²) >= 11 is 0. The van der Waals surface area contributed by atoms with Crippen LogP contribution < -0.4 is 9.50 Å². The smallest absolute Gasteiger partial charge is 0.322 e. The molecule has 0 radical (unpaired) electrons. The lowest BCUT2D eigenvalue weighted by Gasteiger charge is -2.29. The largest absolute Gasteiger partial charge is 0.383 e. The first-order chi connectivity index (χ1) is 13.1. The van der Waals surface area contributed by atoms with E-state index in [9.17, 15) is 13.2 Å². The summed E-state index contributed by atoms with van der Waals surface area (Å²) in [6.07, 6.45) is 1.82. The molecule has 0 aromatic heterocycles. The van der Waals surface area contributed by atoms with Gasteiger partial charge in [-0.1, -0.05) is 37.3 Å². The van der Waals surface area contributed by atoms with Crippen LogP contribution in [0.2, 0.25) is 0 Å². The number of benzene rings is 2. The van der Waals surface area contributed by atoms with Crippen LogP contribution in [0, 0.1) is 13.8 Å². The Hall–Kier alpha value is -2.54. The van der Waals surface area contributed by atoms with Crippen molar-refractivity contribution in [1.82, 2.24) is 4.90 Å². The van der Waals surface area contributed by atoms with Gasteiger partial charge in [0.05, 0.1) is 6.26 Å². The van der Waals surface area contributed by atoms with E-state index < -0.39 is 10.1 Å². The molecular formula is C21H28N2O4S. The number of hydrogen-bond acceptors (Lipinski definition) is 4. The molecule has 28 heavy (non-hydrogen) atoms. The van der Waals surface area contributed by atoms with Gasteiger partial charge in [0.1, 0.15) is 5.75 Å². The predicted molar refractivity (Wildman–Crippen MR) is 112 cm³/mol. The zero-order valence-electron chi connectivity index (χ0n) is 17.0. The van der Waals surface area contributed by atoms with Gasteiger partial charge >= 0.3 is 16.1 Å². The van der Waals surface area contributed by atoms with E-state index in [4.69, 9.17) is 4.18 Å². The third-order valence-corrected chi connectivity index (χ3v) is 5.12. The molecule has 1 unspecified atom stereocenters. The van der Waals surface area contributed by atoms with Gasteiger partial charge in [-0.15, -0.1) is 0 Å². The Bertz CT molecular complexity index is 904. The van der Waals surface area contributed by atoms with Gasteiger partial charge < -0.3 is 14.4 Å². The van der Waals surface area contributed by atoms with Crippen LogP contribution in [0.1, 0.15) is 37.0 Å². The Labute approximate surface area is 167 Å². The van der Waals surface area contributed by atoms with Gasteiger partial charge in [-0.25, -0.2) is 4.79 Å². The first-order valence-electron chi connectivity index (χ1n) is 9.23. The maximum Gasteiger partial charge on any atom is 0.322 e.